The Morgan fingerprint density at radius 1 is 1.57 bits per heavy atom. The van der Waals surface area contributed by atoms with Gasteiger partial charge in [-0.2, -0.15) is 5.10 Å². The van der Waals surface area contributed by atoms with Crippen LogP contribution in [-0.4, -0.2) is 22.1 Å². The normalized spacial score (nSPS) is 16.0. The van der Waals surface area contributed by atoms with Gasteiger partial charge in [0.15, 0.2) is 0 Å². The fourth-order valence-corrected chi connectivity index (χ4v) is 1.26. The summed E-state index contributed by atoms with van der Waals surface area (Å²) in [6, 6.07) is 1.64. The van der Waals surface area contributed by atoms with E-state index in [0.29, 0.717) is 11.4 Å². The number of nitrogens with two attached hydrogens (primary N) is 1. The van der Waals surface area contributed by atoms with E-state index in [2.05, 4.69) is 10.2 Å². The van der Waals surface area contributed by atoms with Crippen molar-refractivity contribution >= 4 is 5.84 Å². The highest BCUT2D eigenvalue weighted by atomic mass is 16.5. The molecule has 3 N–H and O–H groups in total. The maximum Gasteiger partial charge on any atom is 0.244 e. The first-order valence-corrected chi connectivity index (χ1v) is 4.60. The topological polar surface area (TPSA) is 84.9 Å². The smallest absolute Gasteiger partial charge is 0.244 e. The number of nitrogen functional groups attached to an aromatic ring is 1. The van der Waals surface area contributed by atoms with Crippen molar-refractivity contribution in [2.24, 2.45) is 5.73 Å². The largest absolute Gasteiger partial charge is 0.473 e. The molecule has 1 aliphatic rings. The van der Waals surface area contributed by atoms with Gasteiger partial charge in [-0.05, 0) is 25.3 Å². The molecule has 2 rings (SSSR count). The SMILES string of the molecule is N=C(N)c1ccnnc1OC1CCC1. The lowest BCUT2D eigenvalue weighted by atomic mass is 9.96. The van der Waals surface area contributed by atoms with Crippen LogP contribution in [0.5, 0.6) is 5.88 Å². The molecule has 0 aromatic carbocycles. The third-order valence-corrected chi connectivity index (χ3v) is 2.31. The molecule has 0 spiro atoms. The minimum atomic E-state index is -0.0331. The molecular weight excluding hydrogens is 180 g/mol. The van der Waals surface area contributed by atoms with Crippen molar-refractivity contribution in [2.45, 2.75) is 25.4 Å². The second-order valence-corrected chi connectivity index (χ2v) is 3.33. The first-order chi connectivity index (χ1) is 6.77. The van der Waals surface area contributed by atoms with E-state index in [1.165, 1.54) is 12.6 Å². The second kappa shape index (κ2) is 3.61. The molecule has 0 bridgehead atoms. The van der Waals surface area contributed by atoms with Gasteiger partial charge in [-0.15, -0.1) is 5.10 Å². The lowest BCUT2D eigenvalue weighted by molar-refractivity contribution is 0.113. The Morgan fingerprint density at radius 3 is 2.93 bits per heavy atom. The Balaban J connectivity index is 2.17. The van der Waals surface area contributed by atoms with Crippen LogP contribution in [0.4, 0.5) is 0 Å². The van der Waals surface area contributed by atoms with Crippen LogP contribution in [0.15, 0.2) is 12.3 Å². The van der Waals surface area contributed by atoms with Crippen molar-refractivity contribution in [1.82, 2.24) is 10.2 Å². The summed E-state index contributed by atoms with van der Waals surface area (Å²) in [5.41, 5.74) is 5.91. The molecule has 1 aliphatic carbocycles. The Kier molecular flexibility index (Phi) is 2.30. The van der Waals surface area contributed by atoms with E-state index in [4.69, 9.17) is 15.9 Å². The summed E-state index contributed by atoms with van der Waals surface area (Å²) >= 11 is 0. The summed E-state index contributed by atoms with van der Waals surface area (Å²) in [5, 5.41) is 14.9. The number of ether oxygens (including phenoxy) is 1. The van der Waals surface area contributed by atoms with Crippen LogP contribution < -0.4 is 10.5 Å². The lowest BCUT2D eigenvalue weighted by Crippen LogP contribution is -2.26. The highest BCUT2D eigenvalue weighted by molar-refractivity contribution is 5.96. The van der Waals surface area contributed by atoms with E-state index in [1.54, 1.807) is 6.07 Å². The molecule has 1 aromatic heterocycles. The molecule has 5 heteroatoms. The second-order valence-electron chi connectivity index (χ2n) is 3.33. The van der Waals surface area contributed by atoms with Crippen LogP contribution in [0.3, 0.4) is 0 Å². The predicted molar refractivity (Wildman–Crippen MR) is 51.3 cm³/mol. The zero-order valence-corrected chi connectivity index (χ0v) is 7.73. The van der Waals surface area contributed by atoms with E-state index in [0.717, 1.165) is 12.8 Å². The highest BCUT2D eigenvalue weighted by Gasteiger charge is 2.21. The third-order valence-electron chi connectivity index (χ3n) is 2.31. The standard InChI is InChI=1S/C9H12N4O/c10-8(11)7-4-5-12-13-9(7)14-6-2-1-3-6/h4-6H,1-3H2,(H3,10,11). The Hall–Kier alpha value is -1.65. The van der Waals surface area contributed by atoms with Crippen LogP contribution in [0.2, 0.25) is 0 Å². The van der Waals surface area contributed by atoms with Crippen LogP contribution in [-0.2, 0) is 0 Å². The van der Waals surface area contributed by atoms with Crippen LogP contribution in [0.1, 0.15) is 24.8 Å². The molecular formula is C9H12N4O. The molecule has 0 amide bonds. The Bertz CT molecular complexity index is 348. The molecule has 5 nitrogen and oxygen atoms in total. The quantitative estimate of drug-likeness (QED) is 0.545. The summed E-state index contributed by atoms with van der Waals surface area (Å²) in [6.45, 7) is 0. The maximum absolute atomic E-state index is 7.33. The number of hydrogen-bond donors (Lipinski definition) is 2. The number of nitrogens with one attached hydrogen (secondary N) is 1. The van der Waals surface area contributed by atoms with Gasteiger partial charge >= 0.3 is 0 Å². The molecule has 1 saturated carbocycles. The van der Waals surface area contributed by atoms with Crippen molar-refractivity contribution < 1.29 is 4.74 Å². The van der Waals surface area contributed by atoms with Crippen molar-refractivity contribution in [3.8, 4) is 5.88 Å². The summed E-state index contributed by atoms with van der Waals surface area (Å²) in [6.07, 6.45) is 5.02. The van der Waals surface area contributed by atoms with Crippen LogP contribution in [0, 0.1) is 5.41 Å². The van der Waals surface area contributed by atoms with Gasteiger partial charge in [0, 0.05) is 0 Å². The Morgan fingerprint density at radius 2 is 2.36 bits per heavy atom. The highest BCUT2D eigenvalue weighted by Crippen LogP contribution is 2.25. The number of amidine groups is 1. The van der Waals surface area contributed by atoms with Gasteiger partial charge in [0.25, 0.3) is 0 Å². The first kappa shape index (κ1) is 8.93. The molecule has 0 atom stereocenters. The van der Waals surface area contributed by atoms with Crippen molar-refractivity contribution in [3.05, 3.63) is 17.8 Å². The summed E-state index contributed by atoms with van der Waals surface area (Å²) < 4.78 is 5.55. The summed E-state index contributed by atoms with van der Waals surface area (Å²) in [5.74, 6) is 0.346. The van der Waals surface area contributed by atoms with E-state index in [1.807, 2.05) is 0 Å². The van der Waals surface area contributed by atoms with Crippen molar-refractivity contribution in [3.63, 3.8) is 0 Å². The molecule has 1 heterocycles. The molecule has 0 radical (unpaired) electrons. The van der Waals surface area contributed by atoms with Gasteiger partial charge < -0.3 is 10.5 Å². The number of rotatable bonds is 3. The number of hydrogen-bond acceptors (Lipinski definition) is 4. The molecule has 0 unspecified atom stereocenters. The number of nitrogens with zero attached hydrogens (tertiary/aromatic N) is 2. The van der Waals surface area contributed by atoms with E-state index in [9.17, 15) is 0 Å². The van der Waals surface area contributed by atoms with Crippen LogP contribution in [0.25, 0.3) is 0 Å². The molecule has 74 valence electrons. The molecule has 1 aromatic rings. The maximum atomic E-state index is 7.33. The molecule has 0 aliphatic heterocycles. The molecule has 1 fully saturated rings. The predicted octanol–water partition coefficient (Wildman–Crippen LogP) is 0.692. The minimum Gasteiger partial charge on any atom is -0.473 e. The fraction of sp³-hybridized carbons (Fsp3) is 0.444. The zero-order valence-electron chi connectivity index (χ0n) is 7.73. The average molecular weight is 192 g/mol. The summed E-state index contributed by atoms with van der Waals surface area (Å²) in [4.78, 5) is 0. The first-order valence-electron chi connectivity index (χ1n) is 4.60. The van der Waals surface area contributed by atoms with Gasteiger partial charge in [-0.25, -0.2) is 0 Å². The summed E-state index contributed by atoms with van der Waals surface area (Å²) in [7, 11) is 0. The van der Waals surface area contributed by atoms with E-state index >= 15 is 0 Å². The minimum absolute atomic E-state index is 0.0331. The average Bonchev–Trinajstić information content (AvgIpc) is 2.12. The number of aromatic nitrogens is 2. The van der Waals surface area contributed by atoms with Crippen molar-refractivity contribution in [1.29, 1.82) is 5.41 Å². The van der Waals surface area contributed by atoms with Crippen molar-refractivity contribution in [2.75, 3.05) is 0 Å². The molecule has 0 saturated heterocycles. The van der Waals surface area contributed by atoms with Crippen LogP contribution >= 0.6 is 0 Å². The lowest BCUT2D eigenvalue weighted by Gasteiger charge is -2.26. The van der Waals surface area contributed by atoms with Gasteiger partial charge in [0.2, 0.25) is 5.88 Å². The zero-order chi connectivity index (χ0) is 9.97. The van der Waals surface area contributed by atoms with Gasteiger partial charge in [0.05, 0.1) is 11.8 Å². The van der Waals surface area contributed by atoms with E-state index in [-0.39, 0.29) is 11.9 Å². The fourth-order valence-electron chi connectivity index (χ4n) is 1.26. The van der Waals surface area contributed by atoms with E-state index < -0.39 is 0 Å². The van der Waals surface area contributed by atoms with Gasteiger partial charge in [-0.3, -0.25) is 5.41 Å². The third kappa shape index (κ3) is 1.66. The molecule has 14 heavy (non-hydrogen) atoms. The Labute approximate surface area is 81.8 Å². The van der Waals surface area contributed by atoms with Gasteiger partial charge in [0.1, 0.15) is 11.9 Å². The monoisotopic (exact) mass is 192 g/mol. The van der Waals surface area contributed by atoms with Gasteiger partial charge in [-0.1, -0.05) is 0 Å².